The van der Waals surface area contributed by atoms with Crippen molar-refractivity contribution in [1.29, 1.82) is 0 Å². The fourth-order valence-corrected chi connectivity index (χ4v) is 6.92. The van der Waals surface area contributed by atoms with Gasteiger partial charge in [-0.3, -0.25) is 4.98 Å². The van der Waals surface area contributed by atoms with Crippen LogP contribution in [-0.2, 0) is 0 Å². The largest absolute Gasteiger partial charge is 0.455 e. The molecule has 4 heterocycles. The lowest BCUT2D eigenvalue weighted by atomic mass is 9.95. The smallest absolute Gasteiger partial charge is 0.164 e. The molecule has 0 aliphatic heterocycles. The van der Waals surface area contributed by atoms with E-state index in [1.54, 1.807) is 6.20 Å². The molecule has 0 atom stereocenters. The van der Waals surface area contributed by atoms with Crippen molar-refractivity contribution >= 4 is 54.5 Å². The van der Waals surface area contributed by atoms with Crippen molar-refractivity contribution < 1.29 is 4.42 Å². The Morgan fingerprint density at radius 3 is 2.15 bits per heavy atom. The lowest BCUT2D eigenvalue weighted by Crippen LogP contribution is -2.00. The number of nitrogens with one attached hydrogen (secondary N) is 1. The molecular formula is C42H25N5O. The Kier molecular flexibility index (Phi) is 5.77. The Labute approximate surface area is 274 Å². The van der Waals surface area contributed by atoms with Crippen molar-refractivity contribution in [2.45, 2.75) is 0 Å². The topological polar surface area (TPSA) is 80.5 Å². The molecule has 6 heteroatoms. The lowest BCUT2D eigenvalue weighted by molar-refractivity contribution is 0.669. The first-order valence-corrected chi connectivity index (χ1v) is 15.9. The molecular weight excluding hydrogens is 590 g/mol. The molecule has 4 aromatic heterocycles. The predicted octanol–water partition coefficient (Wildman–Crippen LogP) is 10.6. The van der Waals surface area contributed by atoms with Gasteiger partial charge in [-0.25, -0.2) is 15.0 Å². The third-order valence-electron chi connectivity index (χ3n) is 9.16. The maximum absolute atomic E-state index is 6.69. The number of hydrogen-bond acceptors (Lipinski definition) is 5. The second-order valence-electron chi connectivity index (χ2n) is 12.0. The van der Waals surface area contributed by atoms with E-state index in [0.717, 1.165) is 71.6 Å². The summed E-state index contributed by atoms with van der Waals surface area (Å²) in [7, 11) is 0. The molecule has 6 nitrogen and oxygen atoms in total. The maximum atomic E-state index is 6.69. The summed E-state index contributed by atoms with van der Waals surface area (Å²) < 4.78 is 6.69. The summed E-state index contributed by atoms with van der Waals surface area (Å²) in [5.41, 5.74) is 8.48. The summed E-state index contributed by atoms with van der Waals surface area (Å²) in [6.07, 6.45) is 3.63. The highest BCUT2D eigenvalue weighted by molar-refractivity contribution is 6.20. The quantitative estimate of drug-likeness (QED) is 0.213. The molecule has 10 aromatic rings. The number of para-hydroxylation sites is 1. The van der Waals surface area contributed by atoms with E-state index in [1.807, 2.05) is 48.7 Å². The zero-order chi connectivity index (χ0) is 31.6. The van der Waals surface area contributed by atoms with E-state index in [1.165, 1.54) is 10.8 Å². The van der Waals surface area contributed by atoms with Crippen LogP contribution in [0.15, 0.2) is 150 Å². The van der Waals surface area contributed by atoms with Crippen molar-refractivity contribution in [2.24, 2.45) is 0 Å². The second-order valence-corrected chi connectivity index (χ2v) is 12.0. The van der Waals surface area contributed by atoms with E-state index in [0.29, 0.717) is 17.5 Å². The third-order valence-corrected chi connectivity index (χ3v) is 9.16. The van der Waals surface area contributed by atoms with Crippen LogP contribution >= 0.6 is 0 Å². The Bertz CT molecular complexity index is 2850. The second kappa shape index (κ2) is 10.4. The van der Waals surface area contributed by atoms with E-state index in [4.69, 9.17) is 19.4 Å². The predicted molar refractivity (Wildman–Crippen MR) is 194 cm³/mol. The van der Waals surface area contributed by atoms with Crippen molar-refractivity contribution in [1.82, 2.24) is 24.9 Å². The molecule has 0 saturated carbocycles. The van der Waals surface area contributed by atoms with Gasteiger partial charge in [0.15, 0.2) is 17.5 Å². The van der Waals surface area contributed by atoms with Crippen molar-refractivity contribution in [2.75, 3.05) is 0 Å². The van der Waals surface area contributed by atoms with E-state index in [2.05, 4.69) is 101 Å². The van der Waals surface area contributed by atoms with Crippen LogP contribution in [0.4, 0.5) is 0 Å². The number of fused-ring (bicyclic) bond motifs is 7. The van der Waals surface area contributed by atoms with Crippen LogP contribution in [0.3, 0.4) is 0 Å². The molecule has 0 aliphatic carbocycles. The molecule has 48 heavy (non-hydrogen) atoms. The maximum Gasteiger partial charge on any atom is 0.164 e. The van der Waals surface area contributed by atoms with Gasteiger partial charge in [-0.05, 0) is 52.7 Å². The molecule has 1 N–H and O–H groups in total. The first-order valence-electron chi connectivity index (χ1n) is 15.9. The molecule has 0 radical (unpaired) electrons. The number of aromatic amines is 1. The number of furan rings is 1. The molecule has 0 unspecified atom stereocenters. The molecule has 0 bridgehead atoms. The molecule has 0 saturated heterocycles. The van der Waals surface area contributed by atoms with Crippen LogP contribution in [0.2, 0.25) is 0 Å². The summed E-state index contributed by atoms with van der Waals surface area (Å²) in [5, 5.41) is 6.45. The number of rotatable bonds is 4. The molecule has 0 aliphatic rings. The molecule has 0 spiro atoms. The van der Waals surface area contributed by atoms with Gasteiger partial charge in [-0.1, -0.05) is 97.1 Å². The van der Waals surface area contributed by atoms with Crippen LogP contribution in [0.25, 0.3) is 99.8 Å². The average Bonchev–Trinajstić information content (AvgIpc) is 3.74. The number of hydrogen-bond donors (Lipinski definition) is 1. The minimum Gasteiger partial charge on any atom is -0.455 e. The van der Waals surface area contributed by atoms with E-state index >= 15 is 0 Å². The highest BCUT2D eigenvalue weighted by atomic mass is 16.3. The molecule has 224 valence electrons. The lowest BCUT2D eigenvalue weighted by Gasteiger charge is -2.11. The van der Waals surface area contributed by atoms with Crippen LogP contribution in [-0.4, -0.2) is 24.9 Å². The van der Waals surface area contributed by atoms with Gasteiger partial charge in [0.05, 0.1) is 0 Å². The Hall–Kier alpha value is -6.66. The summed E-state index contributed by atoms with van der Waals surface area (Å²) in [5.74, 6) is 1.78. The first-order chi connectivity index (χ1) is 23.8. The summed E-state index contributed by atoms with van der Waals surface area (Å²) in [4.78, 5) is 23.3. The van der Waals surface area contributed by atoms with Gasteiger partial charge in [0, 0.05) is 67.2 Å². The van der Waals surface area contributed by atoms with Crippen molar-refractivity contribution in [3.05, 3.63) is 146 Å². The molecule has 6 aromatic carbocycles. The molecule has 0 amide bonds. The van der Waals surface area contributed by atoms with Crippen molar-refractivity contribution in [3.8, 4) is 45.3 Å². The van der Waals surface area contributed by atoms with Crippen molar-refractivity contribution in [3.63, 3.8) is 0 Å². The molecule has 0 fully saturated rings. The number of benzene rings is 6. The number of pyridine rings is 1. The third kappa shape index (κ3) is 4.13. The average molecular weight is 616 g/mol. The summed E-state index contributed by atoms with van der Waals surface area (Å²) in [6, 6.07) is 45.7. The van der Waals surface area contributed by atoms with Gasteiger partial charge in [0.2, 0.25) is 0 Å². The Morgan fingerprint density at radius 1 is 0.479 bits per heavy atom. The highest BCUT2D eigenvalue weighted by Gasteiger charge is 2.22. The van der Waals surface area contributed by atoms with Gasteiger partial charge in [0.25, 0.3) is 0 Å². The van der Waals surface area contributed by atoms with Crippen LogP contribution in [0.5, 0.6) is 0 Å². The van der Waals surface area contributed by atoms with Gasteiger partial charge in [0.1, 0.15) is 11.2 Å². The fourth-order valence-electron chi connectivity index (χ4n) is 6.92. The first kappa shape index (κ1) is 26.5. The number of aromatic nitrogens is 5. The van der Waals surface area contributed by atoms with Crippen LogP contribution < -0.4 is 0 Å². The van der Waals surface area contributed by atoms with Gasteiger partial charge >= 0.3 is 0 Å². The standard InChI is InChI=1S/C42H25N5O/c1-2-10-26(11-3-1)40-45-41(28-18-17-25-9-4-5-12-27(25)23-28)47-42(46-40)32-20-19-30(39-38(32)33-24-43-22-21-36(33)48-39)29-14-8-16-35-37(29)31-13-6-7-15-34(31)44-35/h1-24,44H. The zero-order valence-electron chi connectivity index (χ0n) is 25.6. The van der Waals surface area contributed by atoms with E-state index < -0.39 is 0 Å². The minimum atomic E-state index is 0.570. The van der Waals surface area contributed by atoms with E-state index in [9.17, 15) is 0 Å². The fraction of sp³-hybridized carbons (Fsp3) is 0. The number of nitrogens with zero attached hydrogens (tertiary/aromatic N) is 4. The normalized spacial score (nSPS) is 11.8. The molecule has 10 rings (SSSR count). The Morgan fingerprint density at radius 2 is 1.23 bits per heavy atom. The van der Waals surface area contributed by atoms with E-state index in [-0.39, 0.29) is 0 Å². The van der Waals surface area contributed by atoms with Gasteiger partial charge in [-0.15, -0.1) is 0 Å². The van der Waals surface area contributed by atoms with Crippen LogP contribution in [0.1, 0.15) is 0 Å². The monoisotopic (exact) mass is 615 g/mol. The van der Waals surface area contributed by atoms with Crippen LogP contribution in [0, 0.1) is 0 Å². The number of H-pyrrole nitrogens is 1. The minimum absolute atomic E-state index is 0.570. The van der Waals surface area contributed by atoms with Gasteiger partial charge < -0.3 is 9.40 Å². The summed E-state index contributed by atoms with van der Waals surface area (Å²) in [6.45, 7) is 0. The van der Waals surface area contributed by atoms with Gasteiger partial charge in [-0.2, -0.15) is 0 Å². The highest BCUT2D eigenvalue weighted by Crippen LogP contribution is 2.44. The Balaban J connectivity index is 1.26. The SMILES string of the molecule is c1ccc(-c2nc(-c3ccc4ccccc4c3)nc(-c3ccc(-c4cccc5[nH]c6ccccc6c45)c4oc5ccncc5c34)n2)cc1. The summed E-state index contributed by atoms with van der Waals surface area (Å²) >= 11 is 0. The zero-order valence-corrected chi connectivity index (χ0v) is 25.6.